The minimum Gasteiger partial charge on any atom is -0.373 e. The second-order valence-corrected chi connectivity index (χ2v) is 5.57. The number of hydrogen-bond donors (Lipinski definition) is 2. The third kappa shape index (κ3) is 4.29. The Labute approximate surface area is 124 Å². The van der Waals surface area contributed by atoms with Crippen LogP contribution in [0.25, 0.3) is 0 Å². The zero-order valence-corrected chi connectivity index (χ0v) is 12.6. The number of nitrogens with one attached hydrogen (secondary N) is 2. The molecule has 1 atom stereocenters. The molecule has 21 heavy (non-hydrogen) atoms. The van der Waals surface area contributed by atoms with E-state index in [0.717, 1.165) is 19.6 Å². The van der Waals surface area contributed by atoms with Crippen molar-refractivity contribution in [2.24, 2.45) is 5.92 Å². The smallest absolute Gasteiger partial charge is 0.311 e. The third-order valence-corrected chi connectivity index (χ3v) is 3.71. The summed E-state index contributed by atoms with van der Waals surface area (Å²) in [6.45, 7) is 6.18. The van der Waals surface area contributed by atoms with E-state index in [9.17, 15) is 10.1 Å². The topological polar surface area (TPSA) is 83.3 Å². The highest BCUT2D eigenvalue weighted by Crippen LogP contribution is 2.24. The Bertz CT molecular complexity index is 488. The van der Waals surface area contributed by atoms with Gasteiger partial charge in [-0.05, 0) is 37.9 Å². The summed E-state index contributed by atoms with van der Waals surface area (Å²) in [5, 5.41) is 17.1. The number of nitrogens with zero attached hydrogens (tertiary/aromatic N) is 3. The summed E-state index contributed by atoms with van der Waals surface area (Å²) in [5.74, 6) is 1.37. The molecule has 1 saturated heterocycles. The molecular weight excluding hydrogens is 270 g/mol. The monoisotopic (exact) mass is 293 g/mol. The second-order valence-electron chi connectivity index (χ2n) is 5.57. The van der Waals surface area contributed by atoms with Crippen molar-refractivity contribution in [1.29, 1.82) is 0 Å². The van der Waals surface area contributed by atoms with Gasteiger partial charge in [0.2, 0.25) is 5.82 Å². The average Bonchev–Trinajstić information content (AvgIpc) is 2.97. The van der Waals surface area contributed by atoms with Crippen LogP contribution in [0.4, 0.5) is 17.3 Å². The zero-order valence-electron chi connectivity index (χ0n) is 12.6. The number of hydrogen-bond acceptors (Lipinski definition) is 6. The van der Waals surface area contributed by atoms with Gasteiger partial charge in [-0.2, -0.15) is 0 Å². The van der Waals surface area contributed by atoms with Crippen molar-refractivity contribution in [1.82, 2.24) is 9.88 Å². The van der Waals surface area contributed by atoms with Crippen LogP contribution >= 0.6 is 0 Å². The Balaban J connectivity index is 1.95. The molecule has 7 heteroatoms. The first-order chi connectivity index (χ1) is 10.1. The van der Waals surface area contributed by atoms with Crippen molar-refractivity contribution in [2.45, 2.75) is 19.8 Å². The summed E-state index contributed by atoms with van der Waals surface area (Å²) in [7, 11) is 1.74. The van der Waals surface area contributed by atoms with Crippen molar-refractivity contribution in [2.75, 3.05) is 43.9 Å². The summed E-state index contributed by atoms with van der Waals surface area (Å²) in [6, 6.07) is 3.09. The molecule has 1 fully saturated rings. The highest BCUT2D eigenvalue weighted by atomic mass is 16.6. The van der Waals surface area contributed by atoms with Gasteiger partial charge >= 0.3 is 5.69 Å². The number of pyridine rings is 1. The number of likely N-dealkylation sites (tertiary alicyclic amines) is 1. The Kier molecular flexibility index (Phi) is 5.32. The molecule has 1 aromatic rings. The van der Waals surface area contributed by atoms with E-state index in [1.54, 1.807) is 13.1 Å². The minimum atomic E-state index is -0.403. The first-order valence-corrected chi connectivity index (χ1v) is 7.39. The van der Waals surface area contributed by atoms with E-state index in [-0.39, 0.29) is 5.69 Å². The molecule has 0 bridgehead atoms. The van der Waals surface area contributed by atoms with Gasteiger partial charge in [-0.15, -0.1) is 0 Å². The minimum absolute atomic E-state index is 0.0161. The number of aromatic nitrogens is 1. The van der Waals surface area contributed by atoms with Gasteiger partial charge in [0.1, 0.15) is 5.82 Å². The van der Waals surface area contributed by atoms with Gasteiger partial charge < -0.3 is 15.5 Å². The molecule has 0 saturated carbocycles. The Morgan fingerprint density at radius 1 is 1.43 bits per heavy atom. The highest BCUT2D eigenvalue weighted by molar-refractivity contribution is 5.60. The maximum atomic E-state index is 11.0. The van der Waals surface area contributed by atoms with E-state index in [0.29, 0.717) is 24.1 Å². The van der Waals surface area contributed by atoms with Gasteiger partial charge in [0.25, 0.3) is 0 Å². The van der Waals surface area contributed by atoms with E-state index in [4.69, 9.17) is 0 Å². The lowest BCUT2D eigenvalue weighted by atomic mass is 10.1. The molecule has 7 nitrogen and oxygen atoms in total. The first-order valence-electron chi connectivity index (χ1n) is 7.39. The van der Waals surface area contributed by atoms with Gasteiger partial charge in [0, 0.05) is 26.2 Å². The van der Waals surface area contributed by atoms with Crippen LogP contribution in [0.1, 0.15) is 19.8 Å². The average molecular weight is 293 g/mol. The Morgan fingerprint density at radius 3 is 2.76 bits per heavy atom. The molecule has 1 unspecified atom stereocenters. The van der Waals surface area contributed by atoms with Crippen LogP contribution in [-0.4, -0.2) is 48.0 Å². The molecule has 0 aromatic carbocycles. The molecule has 0 amide bonds. The van der Waals surface area contributed by atoms with Gasteiger partial charge in [-0.3, -0.25) is 10.1 Å². The molecule has 1 aliphatic heterocycles. The van der Waals surface area contributed by atoms with Crippen LogP contribution in [0.2, 0.25) is 0 Å². The first kappa shape index (κ1) is 15.5. The Hall–Kier alpha value is -1.89. The lowest BCUT2D eigenvalue weighted by molar-refractivity contribution is -0.384. The fraction of sp³-hybridized carbons (Fsp3) is 0.643. The largest absolute Gasteiger partial charge is 0.373 e. The van der Waals surface area contributed by atoms with Crippen LogP contribution in [0.3, 0.4) is 0 Å². The van der Waals surface area contributed by atoms with Crippen LogP contribution in [-0.2, 0) is 0 Å². The molecule has 2 heterocycles. The molecule has 0 radical (unpaired) electrons. The van der Waals surface area contributed by atoms with Crippen molar-refractivity contribution in [3.63, 3.8) is 0 Å². The second kappa shape index (κ2) is 7.21. The normalized spacial score (nSPS) is 16.7. The fourth-order valence-corrected chi connectivity index (χ4v) is 2.61. The van der Waals surface area contributed by atoms with Crippen LogP contribution in [0.15, 0.2) is 12.1 Å². The lowest BCUT2D eigenvalue weighted by Gasteiger charge is -2.20. The van der Waals surface area contributed by atoms with Crippen LogP contribution < -0.4 is 10.6 Å². The number of nitro groups is 1. The van der Waals surface area contributed by atoms with E-state index in [1.807, 2.05) is 0 Å². The van der Waals surface area contributed by atoms with Gasteiger partial charge in [-0.25, -0.2) is 4.98 Å². The quantitative estimate of drug-likeness (QED) is 0.592. The van der Waals surface area contributed by atoms with E-state index < -0.39 is 4.92 Å². The summed E-state index contributed by atoms with van der Waals surface area (Å²) in [5.41, 5.74) is 0.0161. The maximum Gasteiger partial charge on any atom is 0.311 e. The summed E-state index contributed by atoms with van der Waals surface area (Å²) < 4.78 is 0. The highest BCUT2D eigenvalue weighted by Gasteiger charge is 2.18. The van der Waals surface area contributed by atoms with Gasteiger partial charge in [0.15, 0.2) is 0 Å². The molecule has 2 rings (SSSR count). The molecule has 116 valence electrons. The summed E-state index contributed by atoms with van der Waals surface area (Å²) in [6.07, 6.45) is 2.55. The standard InChI is InChI=1S/C14H23N5O2/c1-11(10-18-7-3-4-8-18)9-16-14-12(19(20)21)5-6-13(15-2)17-14/h5-6,11H,3-4,7-10H2,1-2H3,(H2,15,16,17). The molecule has 0 aliphatic carbocycles. The number of rotatable bonds is 7. The summed E-state index contributed by atoms with van der Waals surface area (Å²) in [4.78, 5) is 17.3. The van der Waals surface area contributed by atoms with Crippen molar-refractivity contribution >= 4 is 17.3 Å². The molecule has 2 N–H and O–H groups in total. The zero-order chi connectivity index (χ0) is 15.2. The molecule has 1 aliphatic rings. The summed E-state index contributed by atoms with van der Waals surface area (Å²) >= 11 is 0. The fourth-order valence-electron chi connectivity index (χ4n) is 2.61. The van der Waals surface area contributed by atoms with Crippen molar-refractivity contribution in [3.8, 4) is 0 Å². The van der Waals surface area contributed by atoms with Gasteiger partial charge in [0.05, 0.1) is 4.92 Å². The van der Waals surface area contributed by atoms with Crippen molar-refractivity contribution in [3.05, 3.63) is 22.2 Å². The maximum absolute atomic E-state index is 11.0. The lowest BCUT2D eigenvalue weighted by Crippen LogP contribution is -2.29. The van der Waals surface area contributed by atoms with Crippen LogP contribution in [0.5, 0.6) is 0 Å². The number of anilines is 2. The Morgan fingerprint density at radius 2 is 2.14 bits per heavy atom. The SMILES string of the molecule is CNc1ccc([N+](=O)[O-])c(NCC(C)CN2CCCC2)n1. The van der Waals surface area contributed by atoms with Crippen LogP contribution in [0, 0.1) is 16.0 Å². The van der Waals surface area contributed by atoms with Gasteiger partial charge in [-0.1, -0.05) is 6.92 Å². The predicted molar refractivity (Wildman–Crippen MR) is 83.8 cm³/mol. The van der Waals surface area contributed by atoms with E-state index >= 15 is 0 Å². The molecular formula is C14H23N5O2. The molecule has 0 spiro atoms. The van der Waals surface area contributed by atoms with E-state index in [1.165, 1.54) is 18.9 Å². The predicted octanol–water partition coefficient (Wildman–Crippen LogP) is 2.18. The third-order valence-electron chi connectivity index (χ3n) is 3.71. The van der Waals surface area contributed by atoms with E-state index in [2.05, 4.69) is 27.4 Å². The molecule has 1 aromatic heterocycles. The van der Waals surface area contributed by atoms with Crippen molar-refractivity contribution < 1.29 is 4.92 Å².